The topological polar surface area (TPSA) is 134 Å². The second-order valence-electron chi connectivity index (χ2n) is 5.67. The Bertz CT molecular complexity index is 907. The summed E-state index contributed by atoms with van der Waals surface area (Å²) in [4.78, 5) is 34.0. The number of ether oxygens (including phenoxy) is 1. The van der Waals surface area contributed by atoms with Crippen molar-refractivity contribution in [3.8, 4) is 6.07 Å². The summed E-state index contributed by atoms with van der Waals surface area (Å²) in [5.74, 6) is -1.11. The van der Waals surface area contributed by atoms with Crippen molar-refractivity contribution in [1.82, 2.24) is 0 Å². The molecule has 2 aromatic carbocycles. The van der Waals surface area contributed by atoms with Gasteiger partial charge in [-0.1, -0.05) is 24.3 Å². The van der Waals surface area contributed by atoms with Gasteiger partial charge >= 0.3 is 5.97 Å². The highest BCUT2D eigenvalue weighted by atomic mass is 16.6. The lowest BCUT2D eigenvalue weighted by atomic mass is 10.2. The molecule has 9 nitrogen and oxygen atoms in total. The summed E-state index contributed by atoms with van der Waals surface area (Å²) in [6, 6.07) is 14.7. The molecular weight excluding hydrogens is 364 g/mol. The first-order chi connectivity index (χ1) is 13.5. The van der Waals surface area contributed by atoms with E-state index in [1.165, 1.54) is 6.07 Å². The number of para-hydroxylation sites is 3. The first kappa shape index (κ1) is 20.4. The highest BCUT2D eigenvalue weighted by molar-refractivity contribution is 5.93. The number of hydrogen-bond acceptors (Lipinski definition) is 7. The Balaban J connectivity index is 1.70. The van der Waals surface area contributed by atoms with Crippen LogP contribution >= 0.6 is 0 Å². The molecule has 0 spiro atoms. The third-order valence-corrected chi connectivity index (χ3v) is 3.66. The molecule has 0 saturated carbocycles. The normalized spacial score (nSPS) is 9.82. The molecule has 0 saturated heterocycles. The van der Waals surface area contributed by atoms with Gasteiger partial charge in [0.1, 0.15) is 11.8 Å². The summed E-state index contributed by atoms with van der Waals surface area (Å²) in [7, 11) is 0. The predicted octanol–water partition coefficient (Wildman–Crippen LogP) is 2.84. The van der Waals surface area contributed by atoms with Gasteiger partial charge in [0.25, 0.3) is 11.6 Å². The fourth-order valence-corrected chi connectivity index (χ4v) is 2.33. The second kappa shape index (κ2) is 10.3. The number of nitro benzene ring substituents is 1. The van der Waals surface area contributed by atoms with E-state index in [0.717, 1.165) is 0 Å². The number of benzene rings is 2. The molecule has 2 rings (SSSR count). The number of rotatable bonds is 9. The maximum Gasteiger partial charge on any atom is 0.306 e. The Morgan fingerprint density at radius 2 is 1.79 bits per heavy atom. The van der Waals surface area contributed by atoms with Gasteiger partial charge in [0, 0.05) is 19.0 Å². The SMILES string of the molecule is N#Cc1ccccc1NC(=O)COC(=O)CCCNc1ccccc1[N+](=O)[O-]. The lowest BCUT2D eigenvalue weighted by Crippen LogP contribution is -2.21. The molecule has 0 fully saturated rings. The number of amides is 1. The minimum atomic E-state index is -0.562. The van der Waals surface area contributed by atoms with Crippen molar-refractivity contribution in [1.29, 1.82) is 5.26 Å². The van der Waals surface area contributed by atoms with Crippen molar-refractivity contribution in [2.75, 3.05) is 23.8 Å². The molecule has 144 valence electrons. The lowest BCUT2D eigenvalue weighted by molar-refractivity contribution is -0.384. The Morgan fingerprint density at radius 1 is 1.11 bits per heavy atom. The van der Waals surface area contributed by atoms with Gasteiger partial charge in [0.05, 0.1) is 16.2 Å². The van der Waals surface area contributed by atoms with Crippen LogP contribution in [0.1, 0.15) is 18.4 Å². The van der Waals surface area contributed by atoms with Crippen LogP contribution in [0, 0.1) is 21.4 Å². The van der Waals surface area contributed by atoms with Crippen LogP contribution < -0.4 is 10.6 Å². The molecule has 9 heteroatoms. The highest BCUT2D eigenvalue weighted by Gasteiger charge is 2.12. The van der Waals surface area contributed by atoms with Gasteiger partial charge in [0.2, 0.25) is 0 Å². The molecule has 0 aliphatic carbocycles. The number of nitro groups is 1. The van der Waals surface area contributed by atoms with Crippen LogP contribution in [-0.2, 0) is 14.3 Å². The monoisotopic (exact) mass is 382 g/mol. The summed E-state index contributed by atoms with van der Waals surface area (Å²) in [5, 5.41) is 25.3. The van der Waals surface area contributed by atoms with Gasteiger partial charge in [0.15, 0.2) is 6.61 Å². The third kappa shape index (κ3) is 6.10. The molecule has 0 aliphatic rings. The molecule has 0 aromatic heterocycles. The number of nitrogens with zero attached hydrogens (tertiary/aromatic N) is 2. The highest BCUT2D eigenvalue weighted by Crippen LogP contribution is 2.23. The zero-order chi connectivity index (χ0) is 20.4. The average Bonchev–Trinajstić information content (AvgIpc) is 2.70. The molecular formula is C19H18N4O5. The number of anilines is 2. The van der Waals surface area contributed by atoms with Crippen LogP contribution in [0.5, 0.6) is 0 Å². The number of carbonyl (C=O) groups excluding carboxylic acids is 2. The Hall–Kier alpha value is -3.93. The number of hydrogen-bond donors (Lipinski definition) is 2. The van der Waals surface area contributed by atoms with Crippen LogP contribution in [0.2, 0.25) is 0 Å². The van der Waals surface area contributed by atoms with E-state index in [4.69, 9.17) is 10.00 Å². The first-order valence-corrected chi connectivity index (χ1v) is 8.43. The van der Waals surface area contributed by atoms with E-state index in [0.29, 0.717) is 29.9 Å². The minimum absolute atomic E-state index is 0.0422. The Labute approximate surface area is 161 Å². The van der Waals surface area contributed by atoms with Crippen molar-refractivity contribution in [2.45, 2.75) is 12.8 Å². The smallest absolute Gasteiger partial charge is 0.306 e. The maximum absolute atomic E-state index is 11.8. The summed E-state index contributed by atoms with van der Waals surface area (Å²) in [6.07, 6.45) is 0.430. The summed E-state index contributed by atoms with van der Waals surface area (Å²) < 4.78 is 4.89. The molecule has 2 N–H and O–H groups in total. The summed E-state index contributed by atoms with van der Waals surface area (Å²) in [5.41, 5.74) is 0.985. The van der Waals surface area contributed by atoms with Crippen molar-refractivity contribution in [2.24, 2.45) is 0 Å². The summed E-state index contributed by atoms with van der Waals surface area (Å²) in [6.45, 7) is -0.127. The number of nitriles is 1. The minimum Gasteiger partial charge on any atom is -0.456 e. The largest absolute Gasteiger partial charge is 0.456 e. The van der Waals surface area contributed by atoms with Crippen LogP contribution in [-0.4, -0.2) is 30.0 Å². The van der Waals surface area contributed by atoms with Gasteiger partial charge in [-0.05, 0) is 24.6 Å². The van der Waals surface area contributed by atoms with Crippen LogP contribution in [0.3, 0.4) is 0 Å². The second-order valence-corrected chi connectivity index (χ2v) is 5.67. The van der Waals surface area contributed by atoms with Gasteiger partial charge in [-0.15, -0.1) is 0 Å². The van der Waals surface area contributed by atoms with Crippen molar-refractivity contribution in [3.05, 3.63) is 64.2 Å². The van der Waals surface area contributed by atoms with E-state index in [-0.39, 0.29) is 12.1 Å². The Kier molecular flexibility index (Phi) is 7.48. The van der Waals surface area contributed by atoms with E-state index in [1.54, 1.807) is 42.5 Å². The first-order valence-electron chi connectivity index (χ1n) is 8.43. The quantitative estimate of drug-likeness (QED) is 0.295. The molecule has 28 heavy (non-hydrogen) atoms. The zero-order valence-electron chi connectivity index (χ0n) is 14.9. The lowest BCUT2D eigenvalue weighted by Gasteiger charge is -2.08. The number of nitrogens with one attached hydrogen (secondary N) is 2. The van der Waals surface area contributed by atoms with E-state index in [1.807, 2.05) is 6.07 Å². The molecule has 0 bridgehead atoms. The van der Waals surface area contributed by atoms with Gasteiger partial charge in [-0.25, -0.2) is 0 Å². The number of carbonyl (C=O) groups is 2. The van der Waals surface area contributed by atoms with Crippen molar-refractivity contribution in [3.63, 3.8) is 0 Å². The standard InChI is InChI=1S/C19H18N4O5/c20-12-14-6-1-2-7-15(14)22-18(24)13-28-19(25)10-5-11-21-16-8-3-4-9-17(16)23(26)27/h1-4,6-9,21H,5,10-11,13H2,(H,22,24). The summed E-state index contributed by atoms with van der Waals surface area (Å²) >= 11 is 0. The molecule has 0 unspecified atom stereocenters. The van der Waals surface area contributed by atoms with Crippen LogP contribution in [0.4, 0.5) is 17.1 Å². The van der Waals surface area contributed by atoms with E-state index in [9.17, 15) is 19.7 Å². The van der Waals surface area contributed by atoms with Gasteiger partial charge in [-0.3, -0.25) is 19.7 Å². The molecule has 0 atom stereocenters. The molecule has 0 heterocycles. The zero-order valence-corrected chi connectivity index (χ0v) is 14.9. The third-order valence-electron chi connectivity index (χ3n) is 3.66. The average molecular weight is 382 g/mol. The van der Waals surface area contributed by atoms with Crippen LogP contribution in [0.15, 0.2) is 48.5 Å². The van der Waals surface area contributed by atoms with E-state index >= 15 is 0 Å². The maximum atomic E-state index is 11.8. The molecule has 0 radical (unpaired) electrons. The van der Waals surface area contributed by atoms with Crippen molar-refractivity contribution < 1.29 is 19.2 Å². The van der Waals surface area contributed by atoms with Crippen LogP contribution in [0.25, 0.3) is 0 Å². The molecule has 1 amide bonds. The van der Waals surface area contributed by atoms with Gasteiger partial charge < -0.3 is 15.4 Å². The Morgan fingerprint density at radius 3 is 2.50 bits per heavy atom. The van der Waals surface area contributed by atoms with E-state index < -0.39 is 23.4 Å². The predicted molar refractivity (Wildman–Crippen MR) is 102 cm³/mol. The van der Waals surface area contributed by atoms with Gasteiger partial charge in [-0.2, -0.15) is 5.26 Å². The fourth-order valence-electron chi connectivity index (χ4n) is 2.33. The fraction of sp³-hybridized carbons (Fsp3) is 0.211. The van der Waals surface area contributed by atoms with E-state index in [2.05, 4.69) is 10.6 Å². The van der Waals surface area contributed by atoms with Crippen molar-refractivity contribution >= 4 is 28.9 Å². The number of esters is 1. The molecule has 2 aromatic rings. The molecule has 0 aliphatic heterocycles.